The number of hydrogen-bond acceptors (Lipinski definition) is 4. The molecule has 1 unspecified atom stereocenters. The highest BCUT2D eigenvalue weighted by Gasteiger charge is 2.35. The fourth-order valence-corrected chi connectivity index (χ4v) is 4.88. The number of aryl methyl sites for hydroxylation is 3. The normalized spacial score (nSPS) is 15.9. The molecule has 7 nitrogen and oxygen atoms in total. The van der Waals surface area contributed by atoms with E-state index in [1.54, 1.807) is 29.2 Å². The zero-order valence-corrected chi connectivity index (χ0v) is 20.1. The van der Waals surface area contributed by atoms with E-state index in [4.69, 9.17) is 0 Å². The van der Waals surface area contributed by atoms with Crippen LogP contribution >= 0.6 is 0 Å². The number of carbonyl (C=O) groups is 2. The summed E-state index contributed by atoms with van der Waals surface area (Å²) < 4.78 is 27.8. The molecule has 2 amide bonds. The smallest absolute Gasteiger partial charge is 0.261 e. The Kier molecular flexibility index (Phi) is 6.43. The molecule has 1 aliphatic heterocycles. The molecule has 0 radical (unpaired) electrons. The molecule has 176 valence electrons. The van der Waals surface area contributed by atoms with E-state index in [1.165, 1.54) is 12.1 Å². The van der Waals surface area contributed by atoms with E-state index in [0.717, 1.165) is 22.4 Å². The van der Waals surface area contributed by atoms with Crippen LogP contribution in [0.25, 0.3) is 0 Å². The third-order valence-corrected chi connectivity index (χ3v) is 7.43. The molecule has 1 saturated heterocycles. The Morgan fingerprint density at radius 3 is 2.18 bits per heavy atom. The number of sulfonamides is 1. The largest absolute Gasteiger partial charge is 0.326 e. The fraction of sp³-hybridized carbons (Fsp3) is 0.231. The molecule has 1 aliphatic rings. The summed E-state index contributed by atoms with van der Waals surface area (Å²) >= 11 is 0. The van der Waals surface area contributed by atoms with Crippen molar-refractivity contribution < 1.29 is 18.0 Å². The molecule has 2 N–H and O–H groups in total. The first-order valence-corrected chi connectivity index (χ1v) is 12.5. The molecule has 34 heavy (non-hydrogen) atoms. The van der Waals surface area contributed by atoms with Gasteiger partial charge in [-0.1, -0.05) is 23.8 Å². The lowest BCUT2D eigenvalue weighted by atomic mass is 10.1. The molecule has 1 fully saturated rings. The molecule has 0 aliphatic carbocycles. The summed E-state index contributed by atoms with van der Waals surface area (Å²) in [5.41, 5.74) is 5.00. The molecule has 3 aromatic rings. The average Bonchev–Trinajstić information content (AvgIpc) is 3.19. The van der Waals surface area contributed by atoms with Gasteiger partial charge >= 0.3 is 0 Å². The molecule has 1 atom stereocenters. The summed E-state index contributed by atoms with van der Waals surface area (Å²) in [5, 5.41) is 2.80. The van der Waals surface area contributed by atoms with Gasteiger partial charge in [0.1, 0.15) is 0 Å². The van der Waals surface area contributed by atoms with Crippen molar-refractivity contribution in [2.75, 3.05) is 21.5 Å². The number of carbonyl (C=O) groups excluding carboxylic acids is 2. The summed E-state index contributed by atoms with van der Waals surface area (Å²) in [4.78, 5) is 27.1. The highest BCUT2D eigenvalue weighted by molar-refractivity contribution is 7.92. The quantitative estimate of drug-likeness (QED) is 0.550. The zero-order chi connectivity index (χ0) is 24.5. The number of rotatable bonds is 6. The summed E-state index contributed by atoms with van der Waals surface area (Å²) in [6, 6.07) is 18.8. The van der Waals surface area contributed by atoms with Gasteiger partial charge in [-0.15, -0.1) is 0 Å². The molecule has 0 spiro atoms. The Balaban J connectivity index is 1.40. The molecule has 4 rings (SSSR count). The first-order valence-electron chi connectivity index (χ1n) is 11.0. The Bertz CT molecular complexity index is 1330. The number of amides is 2. The van der Waals surface area contributed by atoms with Gasteiger partial charge in [0.05, 0.1) is 10.8 Å². The molecule has 1 heterocycles. The van der Waals surface area contributed by atoms with Crippen LogP contribution in [0.5, 0.6) is 0 Å². The molecule has 8 heteroatoms. The van der Waals surface area contributed by atoms with Crippen molar-refractivity contribution in [3.05, 3.63) is 83.4 Å². The van der Waals surface area contributed by atoms with Gasteiger partial charge in [-0.25, -0.2) is 8.42 Å². The van der Waals surface area contributed by atoms with Crippen molar-refractivity contribution in [1.29, 1.82) is 0 Å². The van der Waals surface area contributed by atoms with Crippen LogP contribution in [0.1, 0.15) is 23.1 Å². The lowest BCUT2D eigenvalue weighted by Crippen LogP contribution is -2.28. The topological polar surface area (TPSA) is 95.6 Å². The predicted molar refractivity (Wildman–Crippen MR) is 133 cm³/mol. The lowest BCUT2D eigenvalue weighted by Gasteiger charge is -2.18. The summed E-state index contributed by atoms with van der Waals surface area (Å²) in [6.45, 7) is 6.23. The summed E-state index contributed by atoms with van der Waals surface area (Å²) in [5.74, 6) is -0.846. The number of benzene rings is 3. The van der Waals surface area contributed by atoms with E-state index in [0.29, 0.717) is 17.9 Å². The third kappa shape index (κ3) is 5.12. The highest BCUT2D eigenvalue weighted by Crippen LogP contribution is 2.28. The van der Waals surface area contributed by atoms with Gasteiger partial charge in [0.2, 0.25) is 11.8 Å². The molecule has 0 saturated carbocycles. The monoisotopic (exact) mass is 477 g/mol. The van der Waals surface area contributed by atoms with Crippen molar-refractivity contribution >= 4 is 38.9 Å². The molecule has 3 aromatic carbocycles. The van der Waals surface area contributed by atoms with E-state index in [1.807, 2.05) is 51.1 Å². The van der Waals surface area contributed by atoms with Crippen LogP contribution in [-0.4, -0.2) is 26.8 Å². The van der Waals surface area contributed by atoms with Crippen LogP contribution in [0, 0.1) is 26.7 Å². The highest BCUT2D eigenvalue weighted by atomic mass is 32.2. The maximum absolute atomic E-state index is 12.8. The van der Waals surface area contributed by atoms with Crippen LogP contribution in [-0.2, 0) is 19.6 Å². The van der Waals surface area contributed by atoms with Gasteiger partial charge in [-0.3, -0.25) is 14.3 Å². The van der Waals surface area contributed by atoms with Crippen molar-refractivity contribution in [3.63, 3.8) is 0 Å². The first-order chi connectivity index (χ1) is 16.1. The number of nitrogens with zero attached hydrogens (tertiary/aromatic N) is 1. The van der Waals surface area contributed by atoms with Crippen molar-refractivity contribution in [1.82, 2.24) is 0 Å². The van der Waals surface area contributed by atoms with Gasteiger partial charge < -0.3 is 10.2 Å². The molecular weight excluding hydrogens is 450 g/mol. The Morgan fingerprint density at radius 1 is 0.882 bits per heavy atom. The number of hydrogen-bond donors (Lipinski definition) is 2. The lowest BCUT2D eigenvalue weighted by molar-refractivity contribution is -0.122. The second-order valence-electron chi connectivity index (χ2n) is 8.66. The predicted octanol–water partition coefficient (Wildman–Crippen LogP) is 4.40. The van der Waals surface area contributed by atoms with Crippen LogP contribution in [0.2, 0.25) is 0 Å². The second-order valence-corrected chi connectivity index (χ2v) is 10.3. The van der Waals surface area contributed by atoms with Crippen molar-refractivity contribution in [2.24, 2.45) is 5.92 Å². The van der Waals surface area contributed by atoms with Crippen LogP contribution in [0.3, 0.4) is 0 Å². The van der Waals surface area contributed by atoms with Crippen LogP contribution in [0.4, 0.5) is 17.1 Å². The fourth-order valence-electron chi connectivity index (χ4n) is 3.82. The van der Waals surface area contributed by atoms with Crippen molar-refractivity contribution in [2.45, 2.75) is 32.1 Å². The molecule has 0 bridgehead atoms. The van der Waals surface area contributed by atoms with E-state index < -0.39 is 15.9 Å². The minimum atomic E-state index is -3.75. The van der Waals surface area contributed by atoms with Gasteiger partial charge in [-0.2, -0.15) is 0 Å². The zero-order valence-electron chi connectivity index (χ0n) is 19.3. The summed E-state index contributed by atoms with van der Waals surface area (Å²) in [7, 11) is -3.75. The Morgan fingerprint density at radius 2 is 1.53 bits per heavy atom. The Hall–Kier alpha value is -3.65. The van der Waals surface area contributed by atoms with Gasteiger partial charge in [-0.05, 0) is 80.4 Å². The van der Waals surface area contributed by atoms with Crippen LogP contribution in [0.15, 0.2) is 71.6 Å². The van der Waals surface area contributed by atoms with E-state index >= 15 is 0 Å². The standard InChI is InChI=1S/C26H27N3O4S/c1-17-4-7-22(8-5-17)28-34(32,33)24-12-9-21(10-13-24)27-26(31)20-15-25(30)29(16-20)23-11-6-18(2)19(3)14-23/h4-14,20,28H,15-16H2,1-3H3,(H,27,31). The van der Waals surface area contributed by atoms with E-state index in [2.05, 4.69) is 10.0 Å². The van der Waals surface area contributed by atoms with Gasteiger partial charge in [0, 0.05) is 30.0 Å². The minimum Gasteiger partial charge on any atom is -0.326 e. The minimum absolute atomic E-state index is 0.0861. The van der Waals surface area contributed by atoms with Crippen LogP contribution < -0.4 is 14.9 Å². The summed E-state index contributed by atoms with van der Waals surface area (Å²) in [6.07, 6.45) is 0.131. The third-order valence-electron chi connectivity index (χ3n) is 6.03. The van der Waals surface area contributed by atoms with E-state index in [9.17, 15) is 18.0 Å². The number of nitrogens with one attached hydrogen (secondary N) is 2. The SMILES string of the molecule is Cc1ccc(NS(=O)(=O)c2ccc(NC(=O)C3CC(=O)N(c4ccc(C)c(C)c4)C3)cc2)cc1. The van der Waals surface area contributed by atoms with Gasteiger partial charge in [0.15, 0.2) is 0 Å². The molecule has 0 aromatic heterocycles. The van der Waals surface area contributed by atoms with E-state index in [-0.39, 0.29) is 23.1 Å². The Labute approximate surface area is 199 Å². The van der Waals surface area contributed by atoms with Gasteiger partial charge in [0.25, 0.3) is 10.0 Å². The van der Waals surface area contributed by atoms with Crippen molar-refractivity contribution in [3.8, 4) is 0 Å². The second kappa shape index (κ2) is 9.30. The first kappa shape index (κ1) is 23.5. The maximum atomic E-state index is 12.8. The molecular formula is C26H27N3O4S. The number of anilines is 3. The average molecular weight is 478 g/mol. The maximum Gasteiger partial charge on any atom is 0.261 e.